The number of phosphoric acid groups is 3. The number of carbonyl (C=O) groups excluding carboxylic acids is 2. The minimum atomic E-state index is -5.81. The molecule has 534 valence electrons. The first kappa shape index (κ1) is 79.5. The highest BCUT2D eigenvalue weighted by Gasteiger charge is 2.47. The molecule has 11 N–H and O–H groups in total. The number of anilines is 1. The Morgan fingerprint density at radius 1 is 0.760 bits per heavy atom. The number of rotatable bonds is 38. The number of H-pyrrole nitrogens is 1. The Morgan fingerprint density at radius 3 is 1.99 bits per heavy atom. The maximum absolute atomic E-state index is 12.7. The molecule has 2 unspecified atom stereocenters. The van der Waals surface area contributed by atoms with Gasteiger partial charge in [-0.3, -0.25) is 42.1 Å². The molecule has 0 spiro atoms. The van der Waals surface area contributed by atoms with Gasteiger partial charge in [-0.2, -0.15) is 38.5 Å². The van der Waals surface area contributed by atoms with Crippen molar-refractivity contribution in [1.82, 2.24) is 20.2 Å². The molecule has 3 aliphatic heterocycles. The Labute approximate surface area is 552 Å². The number of aliphatic hydroxyl groups excluding tert-OH is 1. The van der Waals surface area contributed by atoms with Gasteiger partial charge < -0.3 is 63.9 Å². The summed E-state index contributed by atoms with van der Waals surface area (Å²) in [6.45, 7) is 8.91. The fraction of sp³-hybridized carbons (Fsp3) is 0.545. The number of hydrogen-bond donors (Lipinski definition) is 11. The topological polar surface area (TPSA) is 509 Å². The Balaban J connectivity index is 0.832. The van der Waals surface area contributed by atoms with Crippen molar-refractivity contribution >= 4 is 82.7 Å². The van der Waals surface area contributed by atoms with Crippen LogP contribution >= 0.6 is 23.5 Å². The summed E-state index contributed by atoms with van der Waals surface area (Å²) in [4.78, 5) is 89.8. The first-order chi connectivity index (χ1) is 44.7. The number of amides is 2. The minimum Gasteiger partial charge on any atom is -0.390 e. The van der Waals surface area contributed by atoms with Gasteiger partial charge >= 0.3 is 29.2 Å². The summed E-state index contributed by atoms with van der Waals surface area (Å²) in [7, 11) is -30.4. The number of unbranched alkanes of at least 4 members (excludes halogenated alkanes) is 2. The summed E-state index contributed by atoms with van der Waals surface area (Å²) < 4.78 is 178. The van der Waals surface area contributed by atoms with Crippen LogP contribution in [0.3, 0.4) is 0 Å². The normalized spacial score (nSPS) is 19.4. The van der Waals surface area contributed by atoms with Gasteiger partial charge in [-0.1, -0.05) is 38.2 Å². The number of carbonyl (C=O) groups is 2. The standard InChI is InChI=1S/C55H77N6O29P3S3/c1-54(2)41-33-39(95(77,78)79)15-17-43(41)59(47(54)12-8-13-48-55(3,4)42-34-40(96(80,81)82)16-18-44(42)60(48)23-10-32-94(74,75)76)22-7-5-6-14-49(63)57-21-25-84-27-29-86-31-30-85-28-26-83-24-19-50(64)56-20-9-11-38-36-61(53(66)58-52(38)65)51-35-45(62)46(88-51)37-87-92(70,71)90-93(72,73)89-91(67,68)69/h8,12-13,15-18,33-34,36,45-46,51,62H,5-7,10,14,19-32,35,37H2,1-4H3,(H9-,56,57,58,63,64,65,66,67,68,69,70,71,72,73,74,75,76,77,78,79,80,81,82)/p+1/t45-,46+,51+/m0/s1. The molecule has 3 aromatic rings. The maximum Gasteiger partial charge on any atom is 0.490 e. The van der Waals surface area contributed by atoms with Gasteiger partial charge in [-0.15, -0.1) is 0 Å². The van der Waals surface area contributed by atoms with E-state index in [1.165, 1.54) is 30.3 Å². The molecule has 41 heteroatoms. The third-order valence-electron chi connectivity index (χ3n) is 15.0. The van der Waals surface area contributed by atoms with Gasteiger partial charge in [0.15, 0.2) is 5.71 Å². The molecule has 1 aromatic heterocycles. The molecule has 0 radical (unpaired) electrons. The van der Waals surface area contributed by atoms with Crippen LogP contribution in [0.5, 0.6) is 0 Å². The second kappa shape index (κ2) is 34.0. The fourth-order valence-electron chi connectivity index (χ4n) is 10.4. The minimum absolute atomic E-state index is 0.0304. The maximum atomic E-state index is 12.7. The van der Waals surface area contributed by atoms with Crippen LogP contribution in [0.2, 0.25) is 0 Å². The van der Waals surface area contributed by atoms with Gasteiger partial charge in [0.1, 0.15) is 24.4 Å². The summed E-state index contributed by atoms with van der Waals surface area (Å²) >= 11 is 0. The number of hydrogen-bond acceptors (Lipinski definition) is 23. The van der Waals surface area contributed by atoms with Crippen LogP contribution in [0.25, 0.3) is 0 Å². The average molecular weight is 1480 g/mol. The Morgan fingerprint density at radius 2 is 1.36 bits per heavy atom. The molecule has 1 saturated heterocycles. The molecular weight excluding hydrogens is 1400 g/mol. The average Bonchev–Trinajstić information content (AvgIpc) is 1.59. The van der Waals surface area contributed by atoms with E-state index >= 15 is 0 Å². The first-order valence-corrected chi connectivity index (χ1v) is 38.5. The van der Waals surface area contributed by atoms with Gasteiger partial charge in [0.2, 0.25) is 17.5 Å². The number of aromatic amines is 1. The number of phosphoric ester groups is 1. The molecule has 2 aromatic carbocycles. The predicted molar refractivity (Wildman–Crippen MR) is 339 cm³/mol. The van der Waals surface area contributed by atoms with Crippen molar-refractivity contribution < 1.29 is 128 Å². The molecule has 35 nitrogen and oxygen atoms in total. The van der Waals surface area contributed by atoms with Crippen LogP contribution in [0.4, 0.5) is 11.4 Å². The highest BCUT2D eigenvalue weighted by molar-refractivity contribution is 7.86. The lowest BCUT2D eigenvalue weighted by Crippen LogP contribution is -2.34. The SMILES string of the molecule is CC1(C)C(=CC=CC2=[N+](CCCS(=O)(=O)O)c3ccc(S(=O)(=O)O)cc3C2(C)C)N(CCCCCC(=O)NCCOCCOCCOCCOCCC(=O)NCC#Cc2cn([C@H]3C[C@H](O)[C@@H](COP(=O)(O)OP(=O)(O)OP(=O)(O)O)O3)c(=O)[nH]c2=O)c2ccc(S(=O)(=O)O)cc21. The van der Waals surface area contributed by atoms with Crippen LogP contribution < -0.4 is 26.8 Å². The van der Waals surface area contributed by atoms with Gasteiger partial charge in [-0.25, -0.2) is 18.5 Å². The molecule has 0 aliphatic carbocycles. The molecule has 1 fully saturated rings. The molecule has 0 bridgehead atoms. The van der Waals surface area contributed by atoms with E-state index in [4.69, 9.17) is 33.5 Å². The number of aromatic nitrogens is 2. The third kappa shape index (κ3) is 23.8. The smallest absolute Gasteiger partial charge is 0.390 e. The van der Waals surface area contributed by atoms with E-state index in [-0.39, 0.29) is 119 Å². The lowest BCUT2D eigenvalue weighted by Gasteiger charge is -2.27. The summed E-state index contributed by atoms with van der Waals surface area (Å²) in [5.74, 6) is 3.94. The number of aliphatic hydroxyl groups is 1. The van der Waals surface area contributed by atoms with Crippen molar-refractivity contribution in [2.45, 2.75) is 112 Å². The first-order valence-electron chi connectivity index (χ1n) is 29.5. The summed E-state index contributed by atoms with van der Waals surface area (Å²) in [6, 6.07) is 8.54. The Kier molecular flexibility index (Phi) is 28.2. The van der Waals surface area contributed by atoms with Crippen molar-refractivity contribution in [2.75, 3.05) is 96.3 Å². The van der Waals surface area contributed by atoms with E-state index in [9.17, 15) is 86.7 Å². The molecule has 5 atom stereocenters. The molecule has 3 aliphatic rings. The van der Waals surface area contributed by atoms with E-state index in [0.29, 0.717) is 54.0 Å². The number of ether oxygens (including phenoxy) is 5. The van der Waals surface area contributed by atoms with E-state index in [1.807, 2.05) is 54.3 Å². The number of allylic oxidation sites excluding steroid dienone is 4. The highest BCUT2D eigenvalue weighted by atomic mass is 32.2. The molecule has 0 saturated carbocycles. The fourth-order valence-corrected chi connectivity index (χ4v) is 15.0. The molecule has 4 heterocycles. The largest absolute Gasteiger partial charge is 0.490 e. The van der Waals surface area contributed by atoms with Crippen LogP contribution in [0.15, 0.2) is 85.9 Å². The monoisotopic (exact) mass is 1480 g/mol. The highest BCUT2D eigenvalue weighted by Crippen LogP contribution is 2.66. The van der Waals surface area contributed by atoms with E-state index in [0.717, 1.165) is 16.5 Å². The van der Waals surface area contributed by atoms with Crippen LogP contribution in [-0.4, -0.2) is 199 Å². The summed E-state index contributed by atoms with van der Waals surface area (Å²) in [6.07, 6.45) is 3.98. The second-order valence-corrected chi connectivity index (χ2v) is 31.6. The zero-order chi connectivity index (χ0) is 71.1. The van der Waals surface area contributed by atoms with E-state index in [2.05, 4.69) is 35.6 Å². The molecule has 6 rings (SSSR count). The summed E-state index contributed by atoms with van der Waals surface area (Å²) in [5, 5.41) is 15.8. The molecule has 2 amide bonds. The van der Waals surface area contributed by atoms with Crippen molar-refractivity contribution in [3.05, 3.63) is 104 Å². The van der Waals surface area contributed by atoms with Gasteiger partial charge in [0.05, 0.1) is 93.1 Å². The van der Waals surface area contributed by atoms with Gasteiger partial charge in [0.25, 0.3) is 35.9 Å². The molecule has 96 heavy (non-hydrogen) atoms. The second-order valence-electron chi connectivity index (χ2n) is 22.8. The van der Waals surface area contributed by atoms with Gasteiger partial charge in [-0.05, 0) is 68.7 Å². The lowest BCUT2D eigenvalue weighted by molar-refractivity contribution is -0.437. The quantitative estimate of drug-likeness (QED) is 0.0129. The van der Waals surface area contributed by atoms with E-state index in [1.54, 1.807) is 12.1 Å². The number of fused-ring (bicyclic) bond motifs is 2. The van der Waals surface area contributed by atoms with Crippen molar-refractivity contribution in [2.24, 2.45) is 0 Å². The molecular formula is C55H78N6O29P3S3+. The van der Waals surface area contributed by atoms with Crippen molar-refractivity contribution in [1.29, 1.82) is 0 Å². The van der Waals surface area contributed by atoms with Gasteiger partial charge in [0, 0.05) is 79.5 Å². The third-order valence-corrected chi connectivity index (χ3v) is 21.3. The zero-order valence-electron chi connectivity index (χ0n) is 52.4. The van der Waals surface area contributed by atoms with E-state index < -0.39 is 113 Å². The predicted octanol–water partition coefficient (Wildman–Crippen LogP) is 2.21. The van der Waals surface area contributed by atoms with Crippen LogP contribution in [0.1, 0.15) is 95.6 Å². The summed E-state index contributed by atoms with van der Waals surface area (Å²) in [5.41, 5.74) is 0.141. The van der Waals surface area contributed by atoms with Crippen LogP contribution in [0, 0.1) is 11.8 Å². The lowest BCUT2D eigenvalue weighted by atomic mass is 9.81. The number of benzene rings is 2. The van der Waals surface area contributed by atoms with Crippen molar-refractivity contribution in [3.63, 3.8) is 0 Å². The Bertz CT molecular complexity index is 4100. The zero-order valence-corrected chi connectivity index (χ0v) is 57.5. The Hall–Kier alpha value is -5.53. The number of nitrogens with zero attached hydrogens (tertiary/aromatic N) is 3. The van der Waals surface area contributed by atoms with Crippen molar-refractivity contribution in [3.8, 4) is 11.8 Å². The number of nitrogens with one attached hydrogen (secondary N) is 3. The van der Waals surface area contributed by atoms with Crippen LogP contribution in [-0.2, 0) is 101 Å².